The summed E-state index contributed by atoms with van der Waals surface area (Å²) < 4.78 is 5.84. The van der Waals surface area contributed by atoms with Gasteiger partial charge in [-0.1, -0.05) is 24.3 Å². The molecule has 1 aromatic rings. The van der Waals surface area contributed by atoms with Crippen molar-refractivity contribution in [2.45, 2.75) is 50.7 Å². The average molecular weight is 289 g/mol. The van der Waals surface area contributed by atoms with Gasteiger partial charge in [0, 0.05) is 32.3 Å². The van der Waals surface area contributed by atoms with Gasteiger partial charge in [-0.2, -0.15) is 0 Å². The number of hydrogen-bond acceptors (Lipinski definition) is 3. The van der Waals surface area contributed by atoms with Crippen molar-refractivity contribution in [2.24, 2.45) is 0 Å². The third-order valence-corrected chi connectivity index (χ3v) is 4.84. The van der Waals surface area contributed by atoms with Crippen LogP contribution in [0.15, 0.2) is 24.3 Å². The highest BCUT2D eigenvalue weighted by Gasteiger charge is 2.28. The summed E-state index contributed by atoms with van der Waals surface area (Å²) in [5.41, 5.74) is 3.01. The van der Waals surface area contributed by atoms with Gasteiger partial charge in [0.2, 0.25) is 0 Å². The van der Waals surface area contributed by atoms with Gasteiger partial charge < -0.3 is 9.84 Å². The maximum atomic E-state index is 9.21. The van der Waals surface area contributed by atoms with Gasteiger partial charge in [-0.05, 0) is 49.7 Å². The van der Waals surface area contributed by atoms with E-state index in [0.717, 1.165) is 26.1 Å². The second-order valence-corrected chi connectivity index (χ2v) is 6.31. The molecule has 3 heteroatoms. The molecule has 0 amide bonds. The molecule has 21 heavy (non-hydrogen) atoms. The number of benzene rings is 1. The summed E-state index contributed by atoms with van der Waals surface area (Å²) in [5.74, 6) is 0. The van der Waals surface area contributed by atoms with Crippen LogP contribution >= 0.6 is 0 Å². The highest BCUT2D eigenvalue weighted by Crippen LogP contribution is 2.35. The second-order valence-electron chi connectivity index (χ2n) is 6.31. The maximum Gasteiger partial charge on any atom is 0.0703 e. The number of nitrogens with zero attached hydrogens (tertiary/aromatic N) is 1. The van der Waals surface area contributed by atoms with Crippen molar-refractivity contribution in [3.63, 3.8) is 0 Å². The number of rotatable bonds is 6. The smallest absolute Gasteiger partial charge is 0.0703 e. The Bertz CT molecular complexity index is 443. The molecule has 1 saturated heterocycles. The molecule has 116 valence electrons. The maximum absolute atomic E-state index is 9.21. The molecule has 1 N–H and O–H groups in total. The lowest BCUT2D eigenvalue weighted by molar-refractivity contribution is 0.0498. The Morgan fingerprint density at radius 3 is 2.90 bits per heavy atom. The van der Waals surface area contributed by atoms with E-state index in [0.29, 0.717) is 12.1 Å². The van der Waals surface area contributed by atoms with E-state index in [-0.39, 0.29) is 6.61 Å². The van der Waals surface area contributed by atoms with E-state index in [1.807, 2.05) is 0 Å². The zero-order valence-electron chi connectivity index (χ0n) is 12.8. The Labute approximate surface area is 127 Å². The molecule has 1 heterocycles. The van der Waals surface area contributed by atoms with E-state index in [1.54, 1.807) is 0 Å². The molecule has 0 radical (unpaired) electrons. The van der Waals surface area contributed by atoms with Crippen molar-refractivity contribution in [3.8, 4) is 0 Å². The van der Waals surface area contributed by atoms with Crippen LogP contribution < -0.4 is 0 Å². The first-order valence-corrected chi connectivity index (χ1v) is 8.43. The Morgan fingerprint density at radius 1 is 1.19 bits per heavy atom. The van der Waals surface area contributed by atoms with Crippen molar-refractivity contribution in [3.05, 3.63) is 35.4 Å². The topological polar surface area (TPSA) is 32.7 Å². The molecule has 1 fully saturated rings. The number of hydrogen-bond donors (Lipinski definition) is 1. The van der Waals surface area contributed by atoms with Crippen LogP contribution in [-0.4, -0.2) is 42.4 Å². The molecular weight excluding hydrogens is 262 g/mol. The zero-order valence-corrected chi connectivity index (χ0v) is 12.8. The molecule has 1 aliphatic heterocycles. The Balaban J connectivity index is 1.75. The van der Waals surface area contributed by atoms with Crippen LogP contribution in [0, 0.1) is 0 Å². The molecule has 0 spiro atoms. The van der Waals surface area contributed by atoms with Crippen molar-refractivity contribution < 1.29 is 9.84 Å². The molecule has 3 nitrogen and oxygen atoms in total. The van der Waals surface area contributed by atoms with Crippen LogP contribution in [0.5, 0.6) is 0 Å². The summed E-state index contributed by atoms with van der Waals surface area (Å²) in [6.07, 6.45) is 7.32. The fourth-order valence-corrected chi connectivity index (χ4v) is 3.81. The standard InChI is InChI=1S/C18H27NO2/c20-12-5-11-19(14-16-8-4-13-21-16)18-10-3-7-15-6-1-2-9-17(15)18/h1-2,6,9,16,18,20H,3-5,7-8,10-14H2. The highest BCUT2D eigenvalue weighted by molar-refractivity contribution is 5.32. The number of aliphatic hydroxyl groups is 1. The Kier molecular flexibility index (Phi) is 5.28. The van der Waals surface area contributed by atoms with E-state index in [9.17, 15) is 5.11 Å². The molecule has 2 atom stereocenters. The molecule has 2 unspecified atom stereocenters. The van der Waals surface area contributed by atoms with E-state index >= 15 is 0 Å². The van der Waals surface area contributed by atoms with Crippen LogP contribution in [-0.2, 0) is 11.2 Å². The summed E-state index contributed by atoms with van der Waals surface area (Å²) in [6, 6.07) is 9.39. The largest absolute Gasteiger partial charge is 0.396 e. The van der Waals surface area contributed by atoms with Crippen LogP contribution in [0.25, 0.3) is 0 Å². The number of ether oxygens (including phenoxy) is 1. The second kappa shape index (κ2) is 7.39. The van der Waals surface area contributed by atoms with E-state index < -0.39 is 0 Å². The Hall–Kier alpha value is -0.900. The van der Waals surface area contributed by atoms with Gasteiger partial charge in [-0.25, -0.2) is 0 Å². The lowest BCUT2D eigenvalue weighted by Crippen LogP contribution is -2.38. The highest BCUT2D eigenvalue weighted by atomic mass is 16.5. The molecule has 1 aromatic carbocycles. The van der Waals surface area contributed by atoms with Gasteiger partial charge in [0.1, 0.15) is 0 Å². The van der Waals surface area contributed by atoms with Crippen LogP contribution in [0.3, 0.4) is 0 Å². The minimum Gasteiger partial charge on any atom is -0.396 e. The SMILES string of the molecule is OCCCN(CC1CCCO1)C1CCCc2ccccc21. The fourth-order valence-electron chi connectivity index (χ4n) is 3.81. The predicted molar refractivity (Wildman–Crippen MR) is 84.4 cm³/mol. The number of aliphatic hydroxyl groups excluding tert-OH is 1. The molecule has 0 aromatic heterocycles. The third-order valence-electron chi connectivity index (χ3n) is 4.84. The first-order chi connectivity index (χ1) is 10.4. The van der Waals surface area contributed by atoms with Crippen LogP contribution in [0.1, 0.15) is 49.3 Å². The van der Waals surface area contributed by atoms with Crippen molar-refractivity contribution in [1.82, 2.24) is 4.90 Å². The van der Waals surface area contributed by atoms with Crippen LogP contribution in [0.4, 0.5) is 0 Å². The monoisotopic (exact) mass is 289 g/mol. The summed E-state index contributed by atoms with van der Waals surface area (Å²) >= 11 is 0. The fraction of sp³-hybridized carbons (Fsp3) is 0.667. The van der Waals surface area contributed by atoms with E-state index in [2.05, 4.69) is 29.2 Å². The lowest BCUT2D eigenvalue weighted by atomic mass is 9.86. The minimum absolute atomic E-state index is 0.274. The van der Waals surface area contributed by atoms with E-state index in [1.165, 1.54) is 43.2 Å². The van der Waals surface area contributed by atoms with Gasteiger partial charge in [0.15, 0.2) is 0 Å². The van der Waals surface area contributed by atoms with Gasteiger partial charge in [-0.3, -0.25) is 4.90 Å². The molecule has 2 aliphatic rings. The van der Waals surface area contributed by atoms with Crippen molar-refractivity contribution >= 4 is 0 Å². The van der Waals surface area contributed by atoms with Gasteiger partial charge in [-0.15, -0.1) is 0 Å². The van der Waals surface area contributed by atoms with Crippen molar-refractivity contribution in [1.29, 1.82) is 0 Å². The normalized spacial score (nSPS) is 25.2. The zero-order chi connectivity index (χ0) is 14.5. The number of fused-ring (bicyclic) bond motifs is 1. The Morgan fingerprint density at radius 2 is 2.10 bits per heavy atom. The summed E-state index contributed by atoms with van der Waals surface area (Å²) in [4.78, 5) is 2.56. The molecule has 0 saturated carbocycles. The van der Waals surface area contributed by atoms with Gasteiger partial charge >= 0.3 is 0 Å². The molecule has 3 rings (SSSR count). The summed E-state index contributed by atoms with van der Waals surface area (Å²) in [7, 11) is 0. The van der Waals surface area contributed by atoms with Crippen molar-refractivity contribution in [2.75, 3.05) is 26.3 Å². The molecule has 0 bridgehead atoms. The minimum atomic E-state index is 0.274. The van der Waals surface area contributed by atoms with Crippen LogP contribution in [0.2, 0.25) is 0 Å². The first kappa shape index (κ1) is 15.0. The summed E-state index contributed by atoms with van der Waals surface area (Å²) in [5, 5.41) is 9.21. The number of aryl methyl sites for hydroxylation is 1. The summed E-state index contributed by atoms with van der Waals surface area (Å²) in [6.45, 7) is 3.17. The average Bonchev–Trinajstić information content (AvgIpc) is 3.04. The van der Waals surface area contributed by atoms with Gasteiger partial charge in [0.05, 0.1) is 6.10 Å². The molecular formula is C18H27NO2. The lowest BCUT2D eigenvalue weighted by Gasteiger charge is -2.37. The quantitative estimate of drug-likeness (QED) is 0.874. The van der Waals surface area contributed by atoms with Gasteiger partial charge in [0.25, 0.3) is 0 Å². The predicted octanol–water partition coefficient (Wildman–Crippen LogP) is 2.93. The third kappa shape index (κ3) is 3.65. The van der Waals surface area contributed by atoms with E-state index in [4.69, 9.17) is 4.74 Å². The molecule has 1 aliphatic carbocycles. The first-order valence-electron chi connectivity index (χ1n) is 8.43.